The fourth-order valence-electron chi connectivity index (χ4n) is 2.57. The first-order valence-electron chi connectivity index (χ1n) is 6.67. The minimum absolute atomic E-state index is 0.106. The minimum atomic E-state index is -3.52. The third kappa shape index (κ3) is 3.05. The predicted molar refractivity (Wildman–Crippen MR) is 79.1 cm³/mol. The van der Waals surface area contributed by atoms with Crippen LogP contribution in [0.1, 0.15) is 12.8 Å². The van der Waals surface area contributed by atoms with Crippen LogP contribution in [0.5, 0.6) is 0 Å². The third-order valence-corrected chi connectivity index (χ3v) is 5.23. The summed E-state index contributed by atoms with van der Waals surface area (Å²) in [6.07, 6.45) is 1.84. The second-order valence-electron chi connectivity index (χ2n) is 5.04. The van der Waals surface area contributed by atoms with Crippen molar-refractivity contribution in [2.45, 2.75) is 17.7 Å². The van der Waals surface area contributed by atoms with Gasteiger partial charge < -0.3 is 15.7 Å². The monoisotopic (exact) mass is 299 g/mol. The minimum Gasteiger partial charge on any atom is -0.398 e. The zero-order valence-corrected chi connectivity index (χ0v) is 12.4. The van der Waals surface area contributed by atoms with E-state index in [1.54, 1.807) is 12.1 Å². The summed E-state index contributed by atoms with van der Waals surface area (Å²) >= 11 is 0. The molecule has 0 saturated carbocycles. The molecule has 1 aromatic rings. The van der Waals surface area contributed by atoms with Crippen LogP contribution in [-0.2, 0) is 10.0 Å². The van der Waals surface area contributed by atoms with Gasteiger partial charge in [-0.25, -0.2) is 13.1 Å². The molecule has 1 atom stereocenters. The molecule has 2 rings (SSSR count). The van der Waals surface area contributed by atoms with Crippen molar-refractivity contribution in [3.8, 4) is 0 Å². The molecule has 1 aromatic carbocycles. The van der Waals surface area contributed by atoms with Crippen LogP contribution in [-0.4, -0.2) is 40.3 Å². The maximum absolute atomic E-state index is 11.8. The molecule has 0 bridgehead atoms. The normalized spacial score (nSPS) is 19.5. The summed E-state index contributed by atoms with van der Waals surface area (Å²) in [4.78, 5) is 2.28. The van der Waals surface area contributed by atoms with E-state index < -0.39 is 10.0 Å². The topological polar surface area (TPSA) is 95.7 Å². The average Bonchev–Trinajstić information content (AvgIpc) is 2.87. The van der Waals surface area contributed by atoms with Gasteiger partial charge in [-0.15, -0.1) is 0 Å². The first-order valence-corrected chi connectivity index (χ1v) is 8.15. The zero-order chi connectivity index (χ0) is 14.8. The molecule has 1 unspecified atom stereocenters. The Labute approximate surface area is 119 Å². The van der Waals surface area contributed by atoms with E-state index in [1.807, 2.05) is 0 Å². The van der Waals surface area contributed by atoms with Crippen LogP contribution in [0.2, 0.25) is 0 Å². The maximum atomic E-state index is 11.8. The van der Waals surface area contributed by atoms with Gasteiger partial charge in [0, 0.05) is 25.4 Å². The Hall–Kier alpha value is -1.31. The molecule has 0 aromatic heterocycles. The zero-order valence-electron chi connectivity index (χ0n) is 11.5. The van der Waals surface area contributed by atoms with E-state index in [4.69, 9.17) is 10.8 Å². The van der Waals surface area contributed by atoms with Crippen LogP contribution < -0.4 is 15.4 Å². The van der Waals surface area contributed by atoms with Crippen LogP contribution in [0.3, 0.4) is 0 Å². The van der Waals surface area contributed by atoms with Crippen molar-refractivity contribution in [3.63, 3.8) is 0 Å². The molecule has 4 N–H and O–H groups in total. The number of hydrogen-bond donors (Lipinski definition) is 3. The molecule has 1 fully saturated rings. The van der Waals surface area contributed by atoms with Gasteiger partial charge in [0.15, 0.2) is 0 Å². The molecule has 1 heterocycles. The van der Waals surface area contributed by atoms with Gasteiger partial charge in [0.2, 0.25) is 10.0 Å². The lowest BCUT2D eigenvalue weighted by atomic mass is 10.1. The second-order valence-corrected chi connectivity index (χ2v) is 6.90. The highest BCUT2D eigenvalue weighted by Crippen LogP contribution is 2.29. The molecule has 6 nitrogen and oxygen atoms in total. The summed E-state index contributed by atoms with van der Waals surface area (Å²) in [5.41, 5.74) is 7.04. The number of rotatable bonds is 5. The van der Waals surface area contributed by atoms with Gasteiger partial charge in [-0.3, -0.25) is 0 Å². The number of aliphatic hydroxyl groups excluding tert-OH is 1. The number of aliphatic hydroxyl groups is 1. The maximum Gasteiger partial charge on any atom is 0.242 e. The van der Waals surface area contributed by atoms with Crippen LogP contribution in [0.15, 0.2) is 23.1 Å². The molecule has 0 radical (unpaired) electrons. The van der Waals surface area contributed by atoms with Gasteiger partial charge >= 0.3 is 0 Å². The standard InChI is InChI=1S/C13H21N3O3S/c1-15-20(18,19)13-3-2-11(8-12(13)14)16-6-4-10(9-16)5-7-17/h2-3,8,10,15,17H,4-7,9,14H2,1H3. The largest absolute Gasteiger partial charge is 0.398 e. The van der Waals surface area contributed by atoms with Crippen LogP contribution in [0.25, 0.3) is 0 Å². The van der Waals surface area contributed by atoms with Crippen LogP contribution in [0, 0.1) is 5.92 Å². The van der Waals surface area contributed by atoms with Gasteiger partial charge in [0.1, 0.15) is 4.90 Å². The molecule has 112 valence electrons. The van der Waals surface area contributed by atoms with Crippen molar-refractivity contribution in [2.75, 3.05) is 37.4 Å². The number of hydrogen-bond acceptors (Lipinski definition) is 5. The first kappa shape index (κ1) is 15.1. The fourth-order valence-corrected chi connectivity index (χ4v) is 3.41. The quantitative estimate of drug-likeness (QED) is 0.683. The lowest BCUT2D eigenvalue weighted by Gasteiger charge is -2.20. The molecule has 1 saturated heterocycles. The van der Waals surface area contributed by atoms with Crippen molar-refractivity contribution in [1.29, 1.82) is 0 Å². The van der Waals surface area contributed by atoms with Crippen molar-refractivity contribution >= 4 is 21.4 Å². The highest BCUT2D eigenvalue weighted by molar-refractivity contribution is 7.89. The summed E-state index contributed by atoms with van der Waals surface area (Å²) < 4.78 is 25.8. The molecule has 0 aliphatic carbocycles. The van der Waals surface area contributed by atoms with Gasteiger partial charge in [0.25, 0.3) is 0 Å². The highest BCUT2D eigenvalue weighted by atomic mass is 32.2. The van der Waals surface area contributed by atoms with E-state index in [-0.39, 0.29) is 17.2 Å². The second kappa shape index (κ2) is 5.99. The summed E-state index contributed by atoms with van der Waals surface area (Å²) in [7, 11) is -2.15. The van der Waals surface area contributed by atoms with Gasteiger partial charge in [0.05, 0.1) is 5.69 Å². The molecule has 20 heavy (non-hydrogen) atoms. The Morgan fingerprint density at radius 2 is 2.25 bits per heavy atom. The van der Waals surface area contributed by atoms with Crippen molar-refractivity contribution in [2.24, 2.45) is 5.92 Å². The molecular weight excluding hydrogens is 278 g/mol. The number of sulfonamides is 1. The molecule has 7 heteroatoms. The number of nitrogens with two attached hydrogens (primary N) is 1. The smallest absolute Gasteiger partial charge is 0.242 e. The van der Waals surface area contributed by atoms with Crippen molar-refractivity contribution in [1.82, 2.24) is 4.72 Å². The Balaban J connectivity index is 2.18. The summed E-state index contributed by atoms with van der Waals surface area (Å²) in [6.45, 7) is 1.99. The molecular formula is C13H21N3O3S. The number of nitrogen functional groups attached to an aromatic ring is 1. The van der Waals surface area contributed by atoms with E-state index in [0.29, 0.717) is 5.92 Å². The third-order valence-electron chi connectivity index (χ3n) is 3.74. The molecule has 0 spiro atoms. The number of benzene rings is 1. The van der Waals surface area contributed by atoms with Crippen molar-refractivity contribution in [3.05, 3.63) is 18.2 Å². The van der Waals surface area contributed by atoms with E-state index in [0.717, 1.165) is 31.6 Å². The number of nitrogens with one attached hydrogen (secondary N) is 1. The van der Waals surface area contributed by atoms with E-state index in [9.17, 15) is 8.42 Å². The number of anilines is 2. The van der Waals surface area contributed by atoms with E-state index in [1.165, 1.54) is 13.1 Å². The van der Waals surface area contributed by atoms with Gasteiger partial charge in [-0.2, -0.15) is 0 Å². The molecule has 1 aliphatic heterocycles. The fraction of sp³-hybridized carbons (Fsp3) is 0.538. The lowest BCUT2D eigenvalue weighted by molar-refractivity contribution is 0.263. The van der Waals surface area contributed by atoms with Crippen LogP contribution >= 0.6 is 0 Å². The first-order chi connectivity index (χ1) is 9.47. The van der Waals surface area contributed by atoms with E-state index in [2.05, 4.69) is 9.62 Å². The Morgan fingerprint density at radius 3 is 2.85 bits per heavy atom. The summed E-state index contributed by atoms with van der Waals surface area (Å²) in [5.74, 6) is 0.488. The van der Waals surface area contributed by atoms with E-state index >= 15 is 0 Å². The molecule has 1 aliphatic rings. The Bertz CT molecular complexity index is 574. The van der Waals surface area contributed by atoms with Gasteiger partial charge in [-0.05, 0) is 44.0 Å². The lowest BCUT2D eigenvalue weighted by Crippen LogP contribution is -2.22. The predicted octanol–water partition coefficient (Wildman–Crippen LogP) is 0.386. The Morgan fingerprint density at radius 1 is 1.50 bits per heavy atom. The Kier molecular flexibility index (Phi) is 4.52. The SMILES string of the molecule is CNS(=O)(=O)c1ccc(N2CCC(CCO)C2)cc1N. The average molecular weight is 299 g/mol. The highest BCUT2D eigenvalue weighted by Gasteiger charge is 2.23. The molecule has 0 amide bonds. The number of nitrogens with zero attached hydrogens (tertiary/aromatic N) is 1. The van der Waals surface area contributed by atoms with Crippen molar-refractivity contribution < 1.29 is 13.5 Å². The summed E-state index contributed by atoms with van der Waals surface area (Å²) in [6, 6.07) is 5.02. The van der Waals surface area contributed by atoms with Gasteiger partial charge in [-0.1, -0.05) is 0 Å². The summed E-state index contributed by atoms with van der Waals surface area (Å²) in [5, 5.41) is 8.97. The van der Waals surface area contributed by atoms with Crippen LogP contribution in [0.4, 0.5) is 11.4 Å².